The standard InChI is InChI=1S/C14H24N2O/c1-10-6-11(2)9-16(8-10)13(7-15)14-5-4-12(3)17-14/h4-5,10-11,13H,6-9,15H2,1-3H3. The second kappa shape index (κ2) is 5.23. The van der Waals surface area contributed by atoms with Gasteiger partial charge in [-0.1, -0.05) is 13.8 Å². The van der Waals surface area contributed by atoms with Crippen LogP contribution >= 0.6 is 0 Å². The van der Waals surface area contributed by atoms with Crippen LogP contribution in [0, 0.1) is 18.8 Å². The summed E-state index contributed by atoms with van der Waals surface area (Å²) in [6, 6.07) is 4.33. The van der Waals surface area contributed by atoms with Gasteiger partial charge in [0, 0.05) is 19.6 Å². The van der Waals surface area contributed by atoms with Gasteiger partial charge in [0.05, 0.1) is 6.04 Å². The number of hydrogen-bond acceptors (Lipinski definition) is 3. The van der Waals surface area contributed by atoms with Crippen molar-refractivity contribution >= 4 is 0 Å². The number of furan rings is 1. The van der Waals surface area contributed by atoms with Gasteiger partial charge in [0.1, 0.15) is 11.5 Å². The van der Waals surface area contributed by atoms with E-state index in [1.54, 1.807) is 0 Å². The Morgan fingerprint density at radius 3 is 2.47 bits per heavy atom. The van der Waals surface area contributed by atoms with Crippen molar-refractivity contribution in [2.24, 2.45) is 17.6 Å². The normalized spacial score (nSPS) is 28.2. The molecule has 1 aromatic rings. The van der Waals surface area contributed by atoms with Gasteiger partial charge >= 0.3 is 0 Å². The van der Waals surface area contributed by atoms with E-state index in [2.05, 4.69) is 24.8 Å². The highest BCUT2D eigenvalue weighted by Gasteiger charge is 2.29. The molecule has 3 unspecified atom stereocenters. The number of aryl methyl sites for hydroxylation is 1. The van der Waals surface area contributed by atoms with E-state index in [9.17, 15) is 0 Å². The number of hydrogen-bond donors (Lipinski definition) is 1. The van der Waals surface area contributed by atoms with Crippen LogP contribution in [0.1, 0.15) is 37.8 Å². The lowest BCUT2D eigenvalue weighted by atomic mass is 9.90. The minimum atomic E-state index is 0.244. The fraction of sp³-hybridized carbons (Fsp3) is 0.714. The first-order chi connectivity index (χ1) is 8.10. The maximum Gasteiger partial charge on any atom is 0.122 e. The van der Waals surface area contributed by atoms with Gasteiger partial charge in [-0.05, 0) is 37.3 Å². The first-order valence-corrected chi connectivity index (χ1v) is 6.60. The Morgan fingerprint density at radius 1 is 1.35 bits per heavy atom. The highest BCUT2D eigenvalue weighted by Crippen LogP contribution is 2.29. The lowest BCUT2D eigenvalue weighted by Crippen LogP contribution is -2.43. The van der Waals surface area contributed by atoms with Crippen LogP contribution in [0.15, 0.2) is 16.5 Å². The molecule has 1 aliphatic heterocycles. The predicted octanol–water partition coefficient (Wildman–Crippen LogP) is 2.57. The summed E-state index contributed by atoms with van der Waals surface area (Å²) in [6.45, 7) is 9.52. The number of rotatable bonds is 3. The molecule has 2 N–H and O–H groups in total. The summed E-state index contributed by atoms with van der Waals surface area (Å²) < 4.78 is 5.74. The zero-order valence-electron chi connectivity index (χ0n) is 11.1. The molecule has 0 bridgehead atoms. The first-order valence-electron chi connectivity index (χ1n) is 6.60. The molecule has 0 radical (unpaired) electrons. The zero-order chi connectivity index (χ0) is 12.4. The maximum atomic E-state index is 5.93. The van der Waals surface area contributed by atoms with Gasteiger partial charge in [0.25, 0.3) is 0 Å². The third kappa shape index (κ3) is 2.90. The van der Waals surface area contributed by atoms with E-state index in [0.717, 1.165) is 36.4 Å². The largest absolute Gasteiger partial charge is 0.465 e. The quantitative estimate of drug-likeness (QED) is 0.877. The highest BCUT2D eigenvalue weighted by atomic mass is 16.3. The van der Waals surface area contributed by atoms with E-state index in [0.29, 0.717) is 6.54 Å². The molecule has 0 saturated carbocycles. The van der Waals surface area contributed by atoms with E-state index < -0.39 is 0 Å². The molecule has 2 heterocycles. The summed E-state index contributed by atoms with van der Waals surface area (Å²) in [5.74, 6) is 3.50. The Morgan fingerprint density at radius 2 is 2.00 bits per heavy atom. The molecule has 2 rings (SSSR count). The van der Waals surface area contributed by atoms with Crippen LogP contribution in [0.4, 0.5) is 0 Å². The van der Waals surface area contributed by atoms with Crippen molar-refractivity contribution in [3.8, 4) is 0 Å². The van der Waals surface area contributed by atoms with Crippen LogP contribution < -0.4 is 5.73 Å². The Bertz CT molecular complexity index is 351. The van der Waals surface area contributed by atoms with Crippen molar-refractivity contribution < 1.29 is 4.42 Å². The van der Waals surface area contributed by atoms with Crippen molar-refractivity contribution in [1.82, 2.24) is 4.90 Å². The van der Waals surface area contributed by atoms with Crippen molar-refractivity contribution in [1.29, 1.82) is 0 Å². The van der Waals surface area contributed by atoms with E-state index in [-0.39, 0.29) is 6.04 Å². The second-order valence-electron chi connectivity index (χ2n) is 5.60. The van der Waals surface area contributed by atoms with Gasteiger partial charge in [-0.2, -0.15) is 0 Å². The van der Waals surface area contributed by atoms with Crippen molar-refractivity contribution in [2.75, 3.05) is 19.6 Å². The van der Waals surface area contributed by atoms with Gasteiger partial charge in [0.2, 0.25) is 0 Å². The van der Waals surface area contributed by atoms with Gasteiger partial charge in [0.15, 0.2) is 0 Å². The van der Waals surface area contributed by atoms with Crippen LogP contribution in [0.5, 0.6) is 0 Å². The molecule has 3 nitrogen and oxygen atoms in total. The van der Waals surface area contributed by atoms with E-state index in [1.165, 1.54) is 6.42 Å². The molecule has 17 heavy (non-hydrogen) atoms. The van der Waals surface area contributed by atoms with Crippen LogP contribution in [-0.4, -0.2) is 24.5 Å². The fourth-order valence-corrected chi connectivity index (χ4v) is 3.04. The number of nitrogens with two attached hydrogens (primary N) is 1. The third-order valence-corrected chi connectivity index (χ3v) is 3.65. The SMILES string of the molecule is Cc1ccc(C(CN)N2CC(C)CC(C)C2)o1. The Balaban J connectivity index is 2.12. The Labute approximate surface area is 104 Å². The topological polar surface area (TPSA) is 42.4 Å². The van der Waals surface area contributed by atoms with Gasteiger partial charge < -0.3 is 10.2 Å². The summed E-state index contributed by atoms with van der Waals surface area (Å²) in [5, 5.41) is 0. The molecule has 0 amide bonds. The van der Waals surface area contributed by atoms with Crippen LogP contribution in [-0.2, 0) is 0 Å². The zero-order valence-corrected chi connectivity index (χ0v) is 11.1. The predicted molar refractivity (Wildman–Crippen MR) is 69.8 cm³/mol. The Kier molecular flexibility index (Phi) is 3.89. The Hall–Kier alpha value is -0.800. The molecular formula is C14H24N2O. The lowest BCUT2D eigenvalue weighted by molar-refractivity contribution is 0.0875. The van der Waals surface area contributed by atoms with Gasteiger partial charge in [-0.15, -0.1) is 0 Å². The summed E-state index contributed by atoms with van der Waals surface area (Å²) in [5.41, 5.74) is 5.93. The summed E-state index contributed by atoms with van der Waals surface area (Å²) >= 11 is 0. The van der Waals surface area contributed by atoms with Gasteiger partial charge in [-0.3, -0.25) is 4.90 Å². The highest BCUT2D eigenvalue weighted by molar-refractivity contribution is 5.10. The number of likely N-dealkylation sites (tertiary alicyclic amines) is 1. The van der Waals surface area contributed by atoms with Crippen molar-refractivity contribution in [3.05, 3.63) is 23.7 Å². The molecule has 1 saturated heterocycles. The van der Waals surface area contributed by atoms with E-state index in [1.807, 2.05) is 13.0 Å². The van der Waals surface area contributed by atoms with E-state index in [4.69, 9.17) is 10.2 Å². The molecule has 3 atom stereocenters. The molecular weight excluding hydrogens is 212 g/mol. The summed E-state index contributed by atoms with van der Waals surface area (Å²) in [7, 11) is 0. The minimum absolute atomic E-state index is 0.244. The maximum absolute atomic E-state index is 5.93. The molecule has 0 aromatic carbocycles. The first kappa shape index (κ1) is 12.7. The van der Waals surface area contributed by atoms with E-state index >= 15 is 0 Å². The molecule has 1 aromatic heterocycles. The average Bonchev–Trinajstić information content (AvgIpc) is 2.64. The summed E-state index contributed by atoms with van der Waals surface area (Å²) in [4.78, 5) is 2.48. The average molecular weight is 236 g/mol. The monoisotopic (exact) mass is 236 g/mol. The summed E-state index contributed by atoms with van der Waals surface area (Å²) in [6.07, 6.45) is 1.32. The molecule has 0 aliphatic carbocycles. The van der Waals surface area contributed by atoms with Crippen molar-refractivity contribution in [3.63, 3.8) is 0 Å². The molecule has 1 aliphatic rings. The molecule has 96 valence electrons. The lowest BCUT2D eigenvalue weighted by Gasteiger charge is -2.39. The van der Waals surface area contributed by atoms with Crippen LogP contribution in [0.3, 0.4) is 0 Å². The van der Waals surface area contributed by atoms with Crippen molar-refractivity contribution in [2.45, 2.75) is 33.2 Å². The smallest absolute Gasteiger partial charge is 0.122 e. The molecule has 1 fully saturated rings. The third-order valence-electron chi connectivity index (χ3n) is 3.65. The van der Waals surface area contributed by atoms with Crippen LogP contribution in [0.25, 0.3) is 0 Å². The molecule has 3 heteroatoms. The second-order valence-corrected chi connectivity index (χ2v) is 5.60. The number of nitrogens with zero attached hydrogens (tertiary/aromatic N) is 1. The van der Waals surface area contributed by atoms with Gasteiger partial charge in [-0.25, -0.2) is 0 Å². The fourth-order valence-electron chi connectivity index (χ4n) is 3.04. The molecule has 0 spiro atoms. The minimum Gasteiger partial charge on any atom is -0.465 e. The number of piperidine rings is 1. The van der Waals surface area contributed by atoms with Crippen LogP contribution in [0.2, 0.25) is 0 Å².